The minimum absolute atomic E-state index is 0.225. The Kier molecular flexibility index (Phi) is 5.27. The van der Waals surface area contributed by atoms with E-state index in [9.17, 15) is 10.4 Å². The number of aliphatic hydroxyl groups is 1. The minimum atomic E-state index is 0.225. The molecule has 3 aromatic rings. The highest BCUT2D eigenvalue weighted by molar-refractivity contribution is 5.86. The SMILES string of the molecule is C=C(C)Cc1c(C)c(C#N)c2nc3ccccc3n2c1N1CC[NH+](CCO)CC1. The van der Waals surface area contributed by atoms with Gasteiger partial charge < -0.3 is 14.9 Å². The first kappa shape index (κ1) is 19.4. The Morgan fingerprint density at radius 1 is 1.31 bits per heavy atom. The van der Waals surface area contributed by atoms with E-state index in [1.54, 1.807) is 0 Å². The van der Waals surface area contributed by atoms with Gasteiger partial charge in [-0.05, 0) is 38.0 Å². The van der Waals surface area contributed by atoms with Crippen molar-refractivity contribution < 1.29 is 10.0 Å². The summed E-state index contributed by atoms with van der Waals surface area (Å²) in [6.45, 7) is 13.0. The summed E-state index contributed by atoms with van der Waals surface area (Å²) in [5.74, 6) is 1.14. The summed E-state index contributed by atoms with van der Waals surface area (Å²) >= 11 is 0. The standard InChI is InChI=1S/C23H27N5O/c1-16(2)14-18-17(3)19(15-24)22-25-20-6-4-5-7-21(20)28(22)23(18)27-10-8-26(9-11-27)12-13-29/h4-7,29H,1,8-14H2,2-3H3/p+1. The van der Waals surface area contributed by atoms with Crippen molar-refractivity contribution >= 4 is 22.5 Å². The molecule has 0 radical (unpaired) electrons. The van der Waals surface area contributed by atoms with Gasteiger partial charge in [-0.2, -0.15) is 5.26 Å². The number of fused-ring (bicyclic) bond motifs is 3. The third-order valence-corrected chi connectivity index (χ3v) is 5.92. The second-order valence-corrected chi connectivity index (χ2v) is 8.02. The molecule has 6 nitrogen and oxygen atoms in total. The molecule has 1 aromatic carbocycles. The highest BCUT2D eigenvalue weighted by Crippen LogP contribution is 2.34. The Balaban J connectivity index is 1.97. The number of pyridine rings is 1. The van der Waals surface area contributed by atoms with Crippen LogP contribution in [0.15, 0.2) is 36.4 Å². The number of hydrogen-bond donors (Lipinski definition) is 2. The van der Waals surface area contributed by atoms with Crippen molar-refractivity contribution in [2.24, 2.45) is 0 Å². The third kappa shape index (κ3) is 3.37. The first-order valence-electron chi connectivity index (χ1n) is 10.2. The number of allylic oxidation sites excluding steroid dienone is 1. The van der Waals surface area contributed by atoms with Gasteiger partial charge in [0.2, 0.25) is 0 Å². The van der Waals surface area contributed by atoms with Crippen molar-refractivity contribution in [1.82, 2.24) is 9.38 Å². The summed E-state index contributed by atoms with van der Waals surface area (Å²) in [6.07, 6.45) is 0.738. The lowest BCUT2D eigenvalue weighted by molar-refractivity contribution is -0.900. The number of aliphatic hydroxyl groups excluding tert-OH is 1. The lowest BCUT2D eigenvalue weighted by Gasteiger charge is -2.35. The van der Waals surface area contributed by atoms with Crippen LogP contribution < -0.4 is 9.80 Å². The number of piperazine rings is 1. The maximum atomic E-state index is 9.93. The quantitative estimate of drug-likeness (QED) is 0.648. The van der Waals surface area contributed by atoms with Crippen molar-refractivity contribution in [3.63, 3.8) is 0 Å². The zero-order valence-electron chi connectivity index (χ0n) is 17.2. The summed E-state index contributed by atoms with van der Waals surface area (Å²) < 4.78 is 2.18. The maximum Gasteiger partial charge on any atom is 0.157 e. The Labute approximate surface area is 171 Å². The minimum Gasteiger partial charge on any atom is -0.391 e. The van der Waals surface area contributed by atoms with Crippen LogP contribution in [0.4, 0.5) is 5.82 Å². The van der Waals surface area contributed by atoms with Crippen LogP contribution in [0.2, 0.25) is 0 Å². The molecule has 29 heavy (non-hydrogen) atoms. The molecule has 1 aliphatic heterocycles. The average Bonchev–Trinajstić information content (AvgIpc) is 3.08. The third-order valence-electron chi connectivity index (χ3n) is 5.92. The van der Waals surface area contributed by atoms with Gasteiger partial charge in [0.15, 0.2) is 5.65 Å². The number of quaternary nitrogens is 1. The molecule has 0 spiro atoms. The lowest BCUT2D eigenvalue weighted by Crippen LogP contribution is -3.15. The molecular weight excluding hydrogens is 362 g/mol. The van der Waals surface area contributed by atoms with E-state index >= 15 is 0 Å². The van der Waals surface area contributed by atoms with E-state index in [4.69, 9.17) is 4.98 Å². The van der Waals surface area contributed by atoms with Crippen molar-refractivity contribution in [2.75, 3.05) is 44.2 Å². The number of aromatic nitrogens is 2. The summed E-state index contributed by atoms with van der Waals surface area (Å²) in [6, 6.07) is 10.5. The molecule has 1 aliphatic rings. The molecule has 2 N–H and O–H groups in total. The van der Waals surface area contributed by atoms with Crippen LogP contribution in [0.1, 0.15) is 23.6 Å². The summed E-state index contributed by atoms with van der Waals surface area (Å²) in [5, 5.41) is 19.2. The molecule has 0 aliphatic carbocycles. The van der Waals surface area contributed by atoms with Gasteiger partial charge in [0.05, 0.1) is 49.4 Å². The van der Waals surface area contributed by atoms with Gasteiger partial charge in [-0.15, -0.1) is 0 Å². The Bertz CT molecular complexity index is 1120. The van der Waals surface area contributed by atoms with Gasteiger partial charge in [0.25, 0.3) is 0 Å². The van der Waals surface area contributed by atoms with Crippen LogP contribution in [-0.4, -0.2) is 53.8 Å². The summed E-state index contributed by atoms with van der Waals surface area (Å²) in [5.41, 5.74) is 6.55. The van der Waals surface area contributed by atoms with Crippen LogP contribution in [0.25, 0.3) is 16.7 Å². The molecule has 0 unspecified atom stereocenters. The molecule has 0 bridgehead atoms. The molecule has 1 fully saturated rings. The normalized spacial score (nSPS) is 15.2. The van der Waals surface area contributed by atoms with Crippen LogP contribution in [0.3, 0.4) is 0 Å². The zero-order chi connectivity index (χ0) is 20.5. The number of imidazole rings is 1. The van der Waals surface area contributed by atoms with Crippen LogP contribution in [0.5, 0.6) is 0 Å². The van der Waals surface area contributed by atoms with Crippen molar-refractivity contribution in [2.45, 2.75) is 20.3 Å². The highest BCUT2D eigenvalue weighted by Gasteiger charge is 2.27. The van der Waals surface area contributed by atoms with Gasteiger partial charge in [0.1, 0.15) is 18.4 Å². The summed E-state index contributed by atoms with van der Waals surface area (Å²) in [4.78, 5) is 8.68. The molecule has 6 heteroatoms. The molecule has 0 amide bonds. The molecule has 2 aromatic heterocycles. The average molecular weight is 391 g/mol. The number of anilines is 1. The van der Waals surface area contributed by atoms with Crippen LogP contribution in [0, 0.1) is 18.3 Å². The molecular formula is C23H28N5O+. The van der Waals surface area contributed by atoms with Gasteiger partial charge in [0, 0.05) is 5.56 Å². The lowest BCUT2D eigenvalue weighted by atomic mass is 9.98. The highest BCUT2D eigenvalue weighted by atomic mass is 16.3. The monoisotopic (exact) mass is 390 g/mol. The van der Waals surface area contributed by atoms with E-state index in [2.05, 4.69) is 28.0 Å². The fourth-order valence-electron chi connectivity index (χ4n) is 4.45. The number of benzene rings is 1. The topological polar surface area (TPSA) is 69.0 Å². The second kappa shape index (κ2) is 7.86. The van der Waals surface area contributed by atoms with Gasteiger partial charge in [-0.3, -0.25) is 4.40 Å². The smallest absolute Gasteiger partial charge is 0.157 e. The van der Waals surface area contributed by atoms with Crippen molar-refractivity contribution in [1.29, 1.82) is 5.26 Å². The fourth-order valence-corrected chi connectivity index (χ4v) is 4.45. The zero-order valence-corrected chi connectivity index (χ0v) is 17.2. The largest absolute Gasteiger partial charge is 0.391 e. The number of para-hydroxylation sites is 2. The van der Waals surface area contributed by atoms with E-state index < -0.39 is 0 Å². The number of nitriles is 1. The molecule has 4 rings (SSSR count). The second-order valence-electron chi connectivity index (χ2n) is 8.02. The van der Waals surface area contributed by atoms with Crippen LogP contribution >= 0.6 is 0 Å². The predicted molar refractivity (Wildman–Crippen MR) is 116 cm³/mol. The van der Waals surface area contributed by atoms with Gasteiger partial charge >= 0.3 is 0 Å². The van der Waals surface area contributed by atoms with Crippen molar-refractivity contribution in [3.8, 4) is 6.07 Å². The van der Waals surface area contributed by atoms with E-state index in [-0.39, 0.29) is 6.61 Å². The summed E-state index contributed by atoms with van der Waals surface area (Å²) in [7, 11) is 0. The molecule has 150 valence electrons. The maximum absolute atomic E-state index is 9.93. The Morgan fingerprint density at radius 3 is 2.69 bits per heavy atom. The Morgan fingerprint density at radius 2 is 2.03 bits per heavy atom. The van der Waals surface area contributed by atoms with E-state index in [1.165, 1.54) is 4.90 Å². The van der Waals surface area contributed by atoms with Gasteiger partial charge in [-0.1, -0.05) is 24.3 Å². The van der Waals surface area contributed by atoms with Crippen LogP contribution in [-0.2, 0) is 6.42 Å². The molecule has 1 saturated heterocycles. The molecule has 0 saturated carbocycles. The van der Waals surface area contributed by atoms with E-state index in [0.717, 1.165) is 78.3 Å². The Hall–Kier alpha value is -2.88. The van der Waals surface area contributed by atoms with Gasteiger partial charge in [-0.25, -0.2) is 4.98 Å². The number of hydrogen-bond acceptors (Lipinski definition) is 4. The van der Waals surface area contributed by atoms with E-state index in [1.807, 2.05) is 32.0 Å². The van der Waals surface area contributed by atoms with Crippen molar-refractivity contribution in [3.05, 3.63) is 53.1 Å². The molecule has 3 heterocycles. The van der Waals surface area contributed by atoms with E-state index in [0.29, 0.717) is 5.56 Å². The first-order valence-corrected chi connectivity index (χ1v) is 10.2. The fraction of sp³-hybridized carbons (Fsp3) is 0.391. The first-order chi connectivity index (χ1) is 14.0. The number of nitrogens with zero attached hydrogens (tertiary/aromatic N) is 4. The molecule has 0 atom stereocenters. The number of nitrogens with one attached hydrogen (secondary N) is 1. The number of rotatable bonds is 5. The predicted octanol–water partition coefficient (Wildman–Crippen LogP) is 1.48.